The van der Waals surface area contributed by atoms with Crippen molar-refractivity contribution < 1.29 is 19.4 Å². The van der Waals surface area contributed by atoms with Crippen molar-refractivity contribution in [3.05, 3.63) is 65.0 Å². The molecule has 2 atom stereocenters. The predicted octanol–water partition coefficient (Wildman–Crippen LogP) is 3.14. The predicted molar refractivity (Wildman–Crippen MR) is 114 cm³/mol. The van der Waals surface area contributed by atoms with Gasteiger partial charge in [0.25, 0.3) is 0 Å². The standard InChI is InChI=1S/C24H29FN2O3/c1-16-13-19-14-18(7-8-22(19)27(16)17(2)28)23(29)15-26-11-9-24(30,10-12-26)20-5-3-4-6-21(20)25/h3-8,14,16,23,29-30H,9-13,15H2,1-2H3/t16-,23+/m1/s1. The molecule has 160 valence electrons. The quantitative estimate of drug-likeness (QED) is 0.810. The van der Waals surface area contributed by atoms with Crippen molar-refractivity contribution in [3.63, 3.8) is 0 Å². The molecule has 2 aromatic rings. The van der Waals surface area contributed by atoms with Gasteiger partial charge in [-0.1, -0.05) is 30.3 Å². The van der Waals surface area contributed by atoms with Crippen molar-refractivity contribution in [1.82, 2.24) is 4.90 Å². The number of fused-ring (bicyclic) bond motifs is 1. The van der Waals surface area contributed by atoms with Crippen LogP contribution in [0.1, 0.15) is 49.5 Å². The zero-order valence-corrected chi connectivity index (χ0v) is 17.5. The Morgan fingerprint density at radius 1 is 1.23 bits per heavy atom. The molecule has 2 aliphatic rings. The first-order valence-corrected chi connectivity index (χ1v) is 10.6. The summed E-state index contributed by atoms with van der Waals surface area (Å²) in [4.78, 5) is 15.8. The maximum Gasteiger partial charge on any atom is 0.224 e. The number of rotatable bonds is 4. The summed E-state index contributed by atoms with van der Waals surface area (Å²) in [7, 11) is 0. The van der Waals surface area contributed by atoms with E-state index in [2.05, 4.69) is 4.90 Å². The highest BCUT2D eigenvalue weighted by Crippen LogP contribution is 2.36. The molecule has 30 heavy (non-hydrogen) atoms. The average molecular weight is 413 g/mol. The molecule has 6 heteroatoms. The third-order valence-electron chi connectivity index (χ3n) is 6.53. The van der Waals surface area contributed by atoms with Gasteiger partial charge in [-0.05, 0) is 49.4 Å². The number of aliphatic hydroxyl groups is 2. The van der Waals surface area contributed by atoms with Gasteiger partial charge >= 0.3 is 0 Å². The van der Waals surface area contributed by atoms with E-state index in [1.54, 1.807) is 30.0 Å². The van der Waals surface area contributed by atoms with Gasteiger partial charge in [-0.25, -0.2) is 4.39 Å². The average Bonchev–Trinajstić information content (AvgIpc) is 3.05. The van der Waals surface area contributed by atoms with Crippen molar-refractivity contribution in [2.45, 2.75) is 50.9 Å². The van der Waals surface area contributed by atoms with Gasteiger partial charge in [-0.2, -0.15) is 0 Å². The lowest BCUT2D eigenvalue weighted by atomic mass is 9.84. The number of carbonyl (C=O) groups excluding carboxylic acids is 1. The van der Waals surface area contributed by atoms with Crippen LogP contribution >= 0.6 is 0 Å². The fourth-order valence-electron chi connectivity index (χ4n) is 4.90. The molecule has 0 radical (unpaired) electrons. The van der Waals surface area contributed by atoms with E-state index < -0.39 is 11.7 Å². The molecule has 0 aromatic heterocycles. The van der Waals surface area contributed by atoms with Gasteiger partial charge in [0.2, 0.25) is 5.91 Å². The van der Waals surface area contributed by atoms with E-state index >= 15 is 0 Å². The molecule has 2 aromatic carbocycles. The third kappa shape index (κ3) is 3.87. The number of hydrogen-bond acceptors (Lipinski definition) is 4. The minimum Gasteiger partial charge on any atom is -0.387 e. The molecule has 1 amide bonds. The van der Waals surface area contributed by atoms with E-state index in [9.17, 15) is 19.4 Å². The van der Waals surface area contributed by atoms with Gasteiger partial charge in [0.15, 0.2) is 0 Å². The SMILES string of the molecule is CC(=O)N1c2ccc([C@@H](O)CN3CCC(O)(c4ccccc4F)CC3)cc2C[C@H]1C. The first-order valence-electron chi connectivity index (χ1n) is 10.6. The number of halogens is 1. The number of aliphatic hydroxyl groups excluding tert-OH is 1. The Morgan fingerprint density at radius 2 is 1.93 bits per heavy atom. The van der Waals surface area contributed by atoms with Crippen LogP contribution in [0.5, 0.6) is 0 Å². The summed E-state index contributed by atoms with van der Waals surface area (Å²) >= 11 is 0. The van der Waals surface area contributed by atoms with E-state index in [4.69, 9.17) is 0 Å². The molecule has 1 saturated heterocycles. The summed E-state index contributed by atoms with van der Waals surface area (Å²) in [6.45, 7) is 5.23. The van der Waals surface area contributed by atoms with E-state index in [1.165, 1.54) is 6.07 Å². The summed E-state index contributed by atoms with van der Waals surface area (Å²) < 4.78 is 14.1. The maximum absolute atomic E-state index is 14.1. The zero-order chi connectivity index (χ0) is 21.5. The van der Waals surface area contributed by atoms with E-state index in [1.807, 2.05) is 25.1 Å². The molecule has 2 heterocycles. The number of β-amino-alcohol motifs (C(OH)–C–C–N with tert-alkyl or cyclic N) is 1. The lowest BCUT2D eigenvalue weighted by Gasteiger charge is -2.39. The Bertz CT molecular complexity index is 940. The first-order chi connectivity index (χ1) is 14.3. The second-order valence-corrected chi connectivity index (χ2v) is 8.66. The van der Waals surface area contributed by atoms with Crippen LogP contribution < -0.4 is 4.90 Å². The van der Waals surface area contributed by atoms with Crippen LogP contribution in [-0.2, 0) is 16.8 Å². The van der Waals surface area contributed by atoms with Gasteiger partial charge in [0.05, 0.1) is 11.7 Å². The Labute approximate surface area is 176 Å². The van der Waals surface area contributed by atoms with Crippen LogP contribution in [0.15, 0.2) is 42.5 Å². The number of likely N-dealkylation sites (tertiary alicyclic amines) is 1. The molecule has 2 N–H and O–H groups in total. The second-order valence-electron chi connectivity index (χ2n) is 8.66. The molecule has 4 rings (SSSR count). The maximum atomic E-state index is 14.1. The summed E-state index contributed by atoms with van der Waals surface area (Å²) in [6.07, 6.45) is 0.984. The summed E-state index contributed by atoms with van der Waals surface area (Å²) in [5.41, 5.74) is 2.04. The zero-order valence-electron chi connectivity index (χ0n) is 17.5. The van der Waals surface area contributed by atoms with Crippen molar-refractivity contribution in [2.24, 2.45) is 0 Å². The number of anilines is 1. The van der Waals surface area contributed by atoms with E-state index in [0.717, 1.165) is 23.2 Å². The van der Waals surface area contributed by atoms with Gasteiger partial charge < -0.3 is 20.0 Å². The minimum atomic E-state index is -1.16. The number of hydrogen-bond donors (Lipinski definition) is 2. The van der Waals surface area contributed by atoms with Crippen molar-refractivity contribution in [3.8, 4) is 0 Å². The fraction of sp³-hybridized carbons (Fsp3) is 0.458. The minimum absolute atomic E-state index is 0.0326. The Morgan fingerprint density at radius 3 is 2.60 bits per heavy atom. The van der Waals surface area contributed by atoms with E-state index in [0.29, 0.717) is 38.0 Å². The van der Waals surface area contributed by atoms with Crippen LogP contribution in [0.4, 0.5) is 10.1 Å². The first kappa shape index (κ1) is 21.0. The highest BCUT2D eigenvalue weighted by Gasteiger charge is 2.36. The molecule has 2 aliphatic heterocycles. The normalized spacial score (nSPS) is 22.0. The van der Waals surface area contributed by atoms with Crippen molar-refractivity contribution >= 4 is 11.6 Å². The molecule has 1 fully saturated rings. The Kier molecular flexibility index (Phi) is 5.66. The molecule has 0 spiro atoms. The smallest absolute Gasteiger partial charge is 0.224 e. The monoisotopic (exact) mass is 412 g/mol. The lowest BCUT2D eigenvalue weighted by molar-refractivity contribution is -0.116. The summed E-state index contributed by atoms with van der Waals surface area (Å²) in [5.74, 6) is -0.342. The topological polar surface area (TPSA) is 64.0 Å². The number of amides is 1. The number of piperidine rings is 1. The van der Waals surface area contributed by atoms with Crippen molar-refractivity contribution in [1.29, 1.82) is 0 Å². The largest absolute Gasteiger partial charge is 0.387 e. The van der Waals surface area contributed by atoms with Gasteiger partial charge in [-0.3, -0.25) is 4.79 Å². The molecular weight excluding hydrogens is 383 g/mol. The van der Waals surface area contributed by atoms with Crippen LogP contribution in [0.3, 0.4) is 0 Å². The van der Waals surface area contributed by atoms with Crippen LogP contribution in [0.2, 0.25) is 0 Å². The molecule has 0 aliphatic carbocycles. The van der Waals surface area contributed by atoms with Crippen molar-refractivity contribution in [2.75, 3.05) is 24.5 Å². The van der Waals surface area contributed by atoms with Crippen LogP contribution in [0, 0.1) is 5.82 Å². The third-order valence-corrected chi connectivity index (χ3v) is 6.53. The number of nitrogens with zero attached hydrogens (tertiary/aromatic N) is 2. The Hall–Kier alpha value is -2.28. The molecule has 5 nitrogen and oxygen atoms in total. The molecule has 0 unspecified atom stereocenters. The van der Waals surface area contributed by atoms with Gasteiger partial charge in [0.1, 0.15) is 5.82 Å². The van der Waals surface area contributed by atoms with E-state index in [-0.39, 0.29) is 17.8 Å². The highest BCUT2D eigenvalue weighted by atomic mass is 19.1. The van der Waals surface area contributed by atoms with Gasteiger partial charge in [-0.15, -0.1) is 0 Å². The Balaban J connectivity index is 1.40. The second kappa shape index (κ2) is 8.10. The number of benzene rings is 2. The highest BCUT2D eigenvalue weighted by molar-refractivity contribution is 5.94. The summed E-state index contributed by atoms with van der Waals surface area (Å²) in [6, 6.07) is 12.3. The molecule has 0 saturated carbocycles. The number of carbonyl (C=O) groups is 1. The van der Waals surface area contributed by atoms with Crippen LogP contribution in [-0.4, -0.2) is 46.7 Å². The fourth-order valence-corrected chi connectivity index (χ4v) is 4.90. The molecular formula is C24H29FN2O3. The lowest BCUT2D eigenvalue weighted by Crippen LogP contribution is -2.44. The molecule has 0 bridgehead atoms. The van der Waals surface area contributed by atoms with Crippen LogP contribution in [0.25, 0.3) is 0 Å². The van der Waals surface area contributed by atoms with Gasteiger partial charge in [0, 0.05) is 43.9 Å². The summed E-state index contributed by atoms with van der Waals surface area (Å²) in [5, 5.41) is 21.7.